The predicted octanol–water partition coefficient (Wildman–Crippen LogP) is 3.09. The Morgan fingerprint density at radius 2 is 1.90 bits per heavy atom. The SMILES string of the molecule is COc1cc(C#N)ccc1OCCCC(=O)NC(C)c1ccc(NC(N)=O)cc1. The minimum absolute atomic E-state index is 0.0905. The number of ether oxygens (including phenoxy) is 2. The predicted molar refractivity (Wildman–Crippen MR) is 109 cm³/mol. The zero-order valence-corrected chi connectivity index (χ0v) is 16.4. The molecule has 0 aliphatic carbocycles. The largest absolute Gasteiger partial charge is 0.493 e. The molecule has 2 aromatic rings. The number of carbonyl (C=O) groups is 2. The number of primary amides is 1. The van der Waals surface area contributed by atoms with Crippen molar-refractivity contribution in [1.82, 2.24) is 5.32 Å². The highest BCUT2D eigenvalue weighted by molar-refractivity contribution is 5.87. The summed E-state index contributed by atoms with van der Waals surface area (Å²) in [6.45, 7) is 2.23. The zero-order chi connectivity index (χ0) is 21.2. The van der Waals surface area contributed by atoms with E-state index in [9.17, 15) is 9.59 Å². The van der Waals surface area contributed by atoms with E-state index in [1.165, 1.54) is 7.11 Å². The molecule has 0 saturated heterocycles. The number of benzene rings is 2. The summed E-state index contributed by atoms with van der Waals surface area (Å²) >= 11 is 0. The Hall–Kier alpha value is -3.73. The highest BCUT2D eigenvalue weighted by Gasteiger charge is 2.11. The van der Waals surface area contributed by atoms with Crippen LogP contribution in [0.25, 0.3) is 0 Å². The zero-order valence-electron chi connectivity index (χ0n) is 16.4. The van der Waals surface area contributed by atoms with Crippen LogP contribution in [0, 0.1) is 11.3 Å². The minimum Gasteiger partial charge on any atom is -0.493 e. The van der Waals surface area contributed by atoms with Crippen molar-refractivity contribution in [2.45, 2.75) is 25.8 Å². The molecule has 0 heterocycles. The normalized spacial score (nSPS) is 11.1. The third-order valence-electron chi connectivity index (χ3n) is 4.15. The van der Waals surface area contributed by atoms with Gasteiger partial charge in [-0.25, -0.2) is 4.79 Å². The van der Waals surface area contributed by atoms with Crippen LogP contribution in [0.3, 0.4) is 0 Å². The van der Waals surface area contributed by atoms with Gasteiger partial charge in [0.2, 0.25) is 5.91 Å². The first-order valence-electron chi connectivity index (χ1n) is 9.09. The Balaban J connectivity index is 1.77. The molecule has 2 aromatic carbocycles. The number of hydrogen-bond donors (Lipinski definition) is 3. The summed E-state index contributed by atoms with van der Waals surface area (Å²) in [7, 11) is 1.51. The van der Waals surface area contributed by atoms with Gasteiger partial charge in [-0.1, -0.05) is 12.1 Å². The molecule has 8 nitrogen and oxygen atoms in total. The lowest BCUT2D eigenvalue weighted by molar-refractivity contribution is -0.121. The molecule has 2 rings (SSSR count). The number of anilines is 1. The average Bonchev–Trinajstić information content (AvgIpc) is 2.71. The lowest BCUT2D eigenvalue weighted by Crippen LogP contribution is -2.26. The first-order valence-corrected chi connectivity index (χ1v) is 9.09. The topological polar surface area (TPSA) is 126 Å². The number of nitriles is 1. The molecule has 0 aliphatic rings. The van der Waals surface area contributed by atoms with Gasteiger partial charge in [-0.2, -0.15) is 5.26 Å². The van der Waals surface area contributed by atoms with Crippen LogP contribution in [0.15, 0.2) is 42.5 Å². The number of nitrogens with two attached hydrogens (primary N) is 1. The Bertz CT molecular complexity index is 891. The molecule has 152 valence electrons. The summed E-state index contributed by atoms with van der Waals surface area (Å²) in [6, 6.07) is 13.3. The van der Waals surface area contributed by atoms with Crippen LogP contribution in [-0.4, -0.2) is 25.7 Å². The fraction of sp³-hybridized carbons (Fsp3) is 0.286. The van der Waals surface area contributed by atoms with E-state index in [2.05, 4.69) is 10.6 Å². The minimum atomic E-state index is -0.625. The molecule has 0 bridgehead atoms. The van der Waals surface area contributed by atoms with Crippen LogP contribution in [0.5, 0.6) is 11.5 Å². The van der Waals surface area contributed by atoms with E-state index in [-0.39, 0.29) is 11.9 Å². The van der Waals surface area contributed by atoms with Crippen LogP contribution in [0.2, 0.25) is 0 Å². The van der Waals surface area contributed by atoms with E-state index in [1.807, 2.05) is 25.1 Å². The number of hydrogen-bond acceptors (Lipinski definition) is 5. The van der Waals surface area contributed by atoms with E-state index >= 15 is 0 Å². The first kappa shape index (κ1) is 21.6. The molecule has 1 unspecified atom stereocenters. The monoisotopic (exact) mass is 396 g/mol. The van der Waals surface area contributed by atoms with Crippen molar-refractivity contribution < 1.29 is 19.1 Å². The smallest absolute Gasteiger partial charge is 0.316 e. The third kappa shape index (κ3) is 6.74. The van der Waals surface area contributed by atoms with Crippen molar-refractivity contribution in [3.05, 3.63) is 53.6 Å². The van der Waals surface area contributed by atoms with Crippen molar-refractivity contribution in [2.75, 3.05) is 19.0 Å². The molecule has 3 amide bonds. The fourth-order valence-corrected chi connectivity index (χ4v) is 2.67. The fourth-order valence-electron chi connectivity index (χ4n) is 2.67. The van der Waals surface area contributed by atoms with Gasteiger partial charge in [0.1, 0.15) is 0 Å². The van der Waals surface area contributed by atoms with E-state index in [4.69, 9.17) is 20.5 Å². The van der Waals surface area contributed by atoms with Gasteiger partial charge in [-0.05, 0) is 43.2 Å². The summed E-state index contributed by atoms with van der Waals surface area (Å²) in [6.07, 6.45) is 0.841. The number of urea groups is 1. The van der Waals surface area contributed by atoms with Gasteiger partial charge in [-0.3, -0.25) is 4.79 Å². The molecule has 0 aromatic heterocycles. The quantitative estimate of drug-likeness (QED) is 0.561. The number of nitrogens with one attached hydrogen (secondary N) is 2. The second-order valence-corrected chi connectivity index (χ2v) is 6.33. The average molecular weight is 396 g/mol. The maximum atomic E-state index is 12.2. The Morgan fingerprint density at radius 3 is 2.52 bits per heavy atom. The van der Waals surface area contributed by atoms with E-state index in [0.29, 0.717) is 42.2 Å². The van der Waals surface area contributed by atoms with E-state index in [0.717, 1.165) is 5.56 Å². The van der Waals surface area contributed by atoms with Gasteiger partial charge in [0, 0.05) is 18.2 Å². The van der Waals surface area contributed by atoms with Crippen LogP contribution in [0.1, 0.15) is 36.9 Å². The lowest BCUT2D eigenvalue weighted by Gasteiger charge is -2.15. The second-order valence-electron chi connectivity index (χ2n) is 6.33. The molecule has 8 heteroatoms. The van der Waals surface area contributed by atoms with Gasteiger partial charge in [-0.15, -0.1) is 0 Å². The van der Waals surface area contributed by atoms with Crippen LogP contribution >= 0.6 is 0 Å². The molecule has 0 radical (unpaired) electrons. The molecule has 4 N–H and O–H groups in total. The molecular weight excluding hydrogens is 372 g/mol. The van der Waals surface area contributed by atoms with Crippen molar-refractivity contribution in [1.29, 1.82) is 5.26 Å². The first-order chi connectivity index (χ1) is 13.9. The van der Waals surface area contributed by atoms with Crippen molar-refractivity contribution >= 4 is 17.6 Å². The van der Waals surface area contributed by atoms with Crippen LogP contribution in [0.4, 0.5) is 10.5 Å². The van der Waals surface area contributed by atoms with Gasteiger partial charge < -0.3 is 25.8 Å². The van der Waals surface area contributed by atoms with Crippen LogP contribution < -0.4 is 25.8 Å². The molecule has 29 heavy (non-hydrogen) atoms. The number of rotatable bonds is 9. The number of nitrogens with zero attached hydrogens (tertiary/aromatic N) is 1. The number of methoxy groups -OCH3 is 1. The van der Waals surface area contributed by atoms with Gasteiger partial charge >= 0.3 is 6.03 Å². The summed E-state index contributed by atoms with van der Waals surface area (Å²) in [5, 5.41) is 14.3. The third-order valence-corrected chi connectivity index (χ3v) is 4.15. The summed E-state index contributed by atoms with van der Waals surface area (Å²) in [5.41, 5.74) is 7.06. The van der Waals surface area contributed by atoms with Gasteiger partial charge in [0.05, 0.1) is 31.4 Å². The maximum absolute atomic E-state index is 12.2. The molecule has 1 atom stereocenters. The second kappa shape index (κ2) is 10.6. The Morgan fingerprint density at radius 1 is 1.17 bits per heavy atom. The summed E-state index contributed by atoms with van der Waals surface area (Å²) < 4.78 is 10.9. The Kier molecular flexibility index (Phi) is 7.86. The molecule has 0 fully saturated rings. The van der Waals surface area contributed by atoms with Crippen molar-refractivity contribution in [3.63, 3.8) is 0 Å². The Labute approximate surface area is 169 Å². The number of amides is 3. The highest BCUT2D eigenvalue weighted by atomic mass is 16.5. The van der Waals surface area contributed by atoms with Crippen molar-refractivity contribution in [3.8, 4) is 17.6 Å². The lowest BCUT2D eigenvalue weighted by atomic mass is 10.1. The molecule has 0 saturated carbocycles. The summed E-state index contributed by atoms with van der Waals surface area (Å²) in [5.74, 6) is 0.925. The van der Waals surface area contributed by atoms with Gasteiger partial charge in [0.25, 0.3) is 0 Å². The summed E-state index contributed by atoms with van der Waals surface area (Å²) in [4.78, 5) is 23.0. The van der Waals surface area contributed by atoms with Crippen LogP contribution in [-0.2, 0) is 4.79 Å². The van der Waals surface area contributed by atoms with E-state index in [1.54, 1.807) is 30.3 Å². The van der Waals surface area contributed by atoms with E-state index < -0.39 is 6.03 Å². The standard InChI is InChI=1S/C21H24N4O4/c1-14(16-6-8-17(9-7-16)25-21(23)27)24-20(26)4-3-11-29-18-10-5-15(13-22)12-19(18)28-2/h5-10,12,14H,3-4,11H2,1-2H3,(H,24,26)(H3,23,25,27). The number of carbonyl (C=O) groups excluding carboxylic acids is 2. The maximum Gasteiger partial charge on any atom is 0.316 e. The highest BCUT2D eigenvalue weighted by Crippen LogP contribution is 2.28. The van der Waals surface area contributed by atoms with Crippen molar-refractivity contribution in [2.24, 2.45) is 5.73 Å². The molecule has 0 aliphatic heterocycles. The van der Waals surface area contributed by atoms with Gasteiger partial charge in [0.15, 0.2) is 11.5 Å². The molecule has 0 spiro atoms. The molecular formula is C21H24N4O4.